The third kappa shape index (κ3) is 4.70. The lowest BCUT2D eigenvalue weighted by Crippen LogP contribution is -2.53. The van der Waals surface area contributed by atoms with E-state index in [2.05, 4.69) is 5.32 Å². The molecule has 1 aliphatic rings. The normalized spacial score (nSPS) is 27.5. The first-order valence-electron chi connectivity index (χ1n) is 6.50. The van der Waals surface area contributed by atoms with Crippen LogP contribution in [0.25, 0.3) is 0 Å². The number of hydrogen-bond acceptors (Lipinski definition) is 5. The van der Waals surface area contributed by atoms with Gasteiger partial charge in [-0.3, -0.25) is 4.79 Å². The van der Waals surface area contributed by atoms with Crippen LogP contribution in [0.1, 0.15) is 40.0 Å². The second-order valence-electron chi connectivity index (χ2n) is 5.80. The zero-order valence-corrected chi connectivity index (χ0v) is 11.9. The van der Waals surface area contributed by atoms with Gasteiger partial charge in [0, 0.05) is 0 Å². The van der Waals surface area contributed by atoms with Gasteiger partial charge in [-0.05, 0) is 40.0 Å². The summed E-state index contributed by atoms with van der Waals surface area (Å²) in [4.78, 5) is 23.4. The molecule has 2 N–H and O–H groups in total. The van der Waals surface area contributed by atoms with Crippen molar-refractivity contribution in [2.75, 3.05) is 7.11 Å². The number of esters is 1. The van der Waals surface area contributed by atoms with E-state index in [4.69, 9.17) is 9.47 Å². The second-order valence-corrected chi connectivity index (χ2v) is 5.80. The Balaban J connectivity index is 2.69. The predicted molar refractivity (Wildman–Crippen MR) is 68.5 cm³/mol. The molecule has 1 rings (SSSR count). The summed E-state index contributed by atoms with van der Waals surface area (Å²) in [7, 11) is 1.30. The van der Waals surface area contributed by atoms with E-state index in [0.717, 1.165) is 6.42 Å². The van der Waals surface area contributed by atoms with Crippen LogP contribution in [0.3, 0.4) is 0 Å². The molecule has 110 valence electrons. The van der Waals surface area contributed by atoms with Crippen molar-refractivity contribution in [3.63, 3.8) is 0 Å². The standard InChI is InChI=1S/C13H23NO5/c1-13(2,3)19-12(17)14-10-8(11(16)18-4)6-5-7-9(10)15/h8-10,15H,5-7H2,1-4H3,(H,14,17)/t8-,9+,10+/m0/s1. The number of rotatable bonds is 2. The number of methoxy groups -OCH3 is 1. The summed E-state index contributed by atoms with van der Waals surface area (Å²) in [5.74, 6) is -0.943. The lowest BCUT2D eigenvalue weighted by Gasteiger charge is -2.34. The third-order valence-electron chi connectivity index (χ3n) is 3.05. The van der Waals surface area contributed by atoms with Crippen LogP contribution in [0.5, 0.6) is 0 Å². The van der Waals surface area contributed by atoms with Crippen LogP contribution in [-0.2, 0) is 14.3 Å². The Morgan fingerprint density at radius 2 is 1.89 bits per heavy atom. The molecule has 0 aromatic rings. The molecule has 1 fully saturated rings. The van der Waals surface area contributed by atoms with E-state index in [9.17, 15) is 14.7 Å². The Hall–Kier alpha value is -1.30. The molecule has 0 spiro atoms. The van der Waals surface area contributed by atoms with E-state index in [1.165, 1.54) is 7.11 Å². The molecule has 0 aliphatic heterocycles. The van der Waals surface area contributed by atoms with Crippen molar-refractivity contribution in [2.24, 2.45) is 5.92 Å². The first kappa shape index (κ1) is 15.8. The maximum atomic E-state index is 11.7. The summed E-state index contributed by atoms with van der Waals surface area (Å²) in [5.41, 5.74) is -0.621. The van der Waals surface area contributed by atoms with Crippen molar-refractivity contribution in [1.29, 1.82) is 0 Å². The topological polar surface area (TPSA) is 84.9 Å². The highest BCUT2D eigenvalue weighted by atomic mass is 16.6. The van der Waals surface area contributed by atoms with Crippen LogP contribution in [0, 0.1) is 5.92 Å². The van der Waals surface area contributed by atoms with E-state index < -0.39 is 35.7 Å². The van der Waals surface area contributed by atoms with Crippen molar-refractivity contribution in [2.45, 2.75) is 57.8 Å². The molecule has 0 heterocycles. The molecular formula is C13H23NO5. The lowest BCUT2D eigenvalue weighted by atomic mass is 9.82. The van der Waals surface area contributed by atoms with Crippen LogP contribution in [-0.4, -0.2) is 42.0 Å². The summed E-state index contributed by atoms with van der Waals surface area (Å²) in [6.07, 6.45) is 0.476. The molecule has 0 radical (unpaired) electrons. The van der Waals surface area contributed by atoms with Crippen molar-refractivity contribution >= 4 is 12.1 Å². The van der Waals surface area contributed by atoms with Gasteiger partial charge >= 0.3 is 12.1 Å². The number of carbonyl (C=O) groups excluding carboxylic acids is 2. The summed E-state index contributed by atoms with van der Waals surface area (Å²) in [6.45, 7) is 5.25. The molecular weight excluding hydrogens is 250 g/mol. The Bertz CT molecular complexity index is 336. The Labute approximate surface area is 113 Å². The number of ether oxygens (including phenoxy) is 2. The van der Waals surface area contributed by atoms with Gasteiger partial charge < -0.3 is 19.9 Å². The number of aliphatic hydroxyl groups is 1. The molecule has 1 amide bonds. The number of hydrogen-bond donors (Lipinski definition) is 2. The van der Waals surface area contributed by atoms with Crippen molar-refractivity contribution in [1.82, 2.24) is 5.32 Å². The molecule has 19 heavy (non-hydrogen) atoms. The van der Waals surface area contributed by atoms with Gasteiger partial charge in [0.15, 0.2) is 0 Å². The van der Waals surface area contributed by atoms with Crippen LogP contribution in [0.2, 0.25) is 0 Å². The molecule has 0 saturated heterocycles. The molecule has 0 aromatic carbocycles. The average Bonchev–Trinajstić information content (AvgIpc) is 2.28. The molecule has 1 aliphatic carbocycles. The maximum Gasteiger partial charge on any atom is 0.407 e. The van der Waals surface area contributed by atoms with Crippen molar-refractivity contribution < 1.29 is 24.2 Å². The summed E-state index contributed by atoms with van der Waals surface area (Å²) in [5, 5.41) is 12.5. The molecule has 0 unspecified atom stereocenters. The van der Waals surface area contributed by atoms with Crippen molar-refractivity contribution in [3.05, 3.63) is 0 Å². The Morgan fingerprint density at radius 3 is 2.42 bits per heavy atom. The van der Waals surface area contributed by atoms with Crippen LogP contribution < -0.4 is 5.32 Å². The van der Waals surface area contributed by atoms with E-state index in [0.29, 0.717) is 12.8 Å². The number of aliphatic hydroxyl groups excluding tert-OH is 1. The lowest BCUT2D eigenvalue weighted by molar-refractivity contribution is -0.149. The highest BCUT2D eigenvalue weighted by molar-refractivity contribution is 5.75. The number of carbonyl (C=O) groups is 2. The summed E-state index contributed by atoms with van der Waals surface area (Å²) < 4.78 is 9.85. The minimum absolute atomic E-state index is 0.417. The summed E-state index contributed by atoms with van der Waals surface area (Å²) >= 11 is 0. The molecule has 0 aromatic heterocycles. The molecule has 1 saturated carbocycles. The monoisotopic (exact) mass is 273 g/mol. The number of alkyl carbamates (subject to hydrolysis) is 1. The fraction of sp³-hybridized carbons (Fsp3) is 0.846. The first-order chi connectivity index (χ1) is 8.74. The predicted octanol–water partition coefficient (Wildman–Crippen LogP) is 1.21. The van der Waals surface area contributed by atoms with Crippen LogP contribution in [0.4, 0.5) is 4.79 Å². The Kier molecular flexibility index (Phi) is 5.17. The smallest absolute Gasteiger partial charge is 0.407 e. The highest BCUT2D eigenvalue weighted by Crippen LogP contribution is 2.26. The molecule has 0 bridgehead atoms. The molecule has 3 atom stereocenters. The van der Waals surface area contributed by atoms with Crippen LogP contribution >= 0.6 is 0 Å². The van der Waals surface area contributed by atoms with Gasteiger partial charge in [0.2, 0.25) is 0 Å². The van der Waals surface area contributed by atoms with Gasteiger partial charge in [0.05, 0.1) is 25.2 Å². The maximum absolute atomic E-state index is 11.7. The first-order valence-corrected chi connectivity index (χ1v) is 6.50. The molecule has 6 heteroatoms. The molecule has 6 nitrogen and oxygen atoms in total. The fourth-order valence-electron chi connectivity index (χ4n) is 2.23. The van der Waals surface area contributed by atoms with Gasteiger partial charge in [-0.15, -0.1) is 0 Å². The van der Waals surface area contributed by atoms with E-state index in [-0.39, 0.29) is 0 Å². The minimum Gasteiger partial charge on any atom is -0.469 e. The van der Waals surface area contributed by atoms with Gasteiger partial charge in [0.25, 0.3) is 0 Å². The highest BCUT2D eigenvalue weighted by Gasteiger charge is 2.39. The quantitative estimate of drug-likeness (QED) is 0.739. The third-order valence-corrected chi connectivity index (χ3v) is 3.05. The van der Waals surface area contributed by atoms with Gasteiger partial charge in [-0.25, -0.2) is 4.79 Å². The Morgan fingerprint density at radius 1 is 1.26 bits per heavy atom. The van der Waals surface area contributed by atoms with Gasteiger partial charge in [-0.2, -0.15) is 0 Å². The van der Waals surface area contributed by atoms with Crippen LogP contribution in [0.15, 0.2) is 0 Å². The SMILES string of the molecule is COC(=O)[C@H]1CCC[C@@H](O)[C@@H]1NC(=O)OC(C)(C)C. The van der Waals surface area contributed by atoms with E-state index in [1.807, 2.05) is 0 Å². The fourth-order valence-corrected chi connectivity index (χ4v) is 2.23. The minimum atomic E-state index is -0.759. The van der Waals surface area contributed by atoms with Crippen molar-refractivity contribution in [3.8, 4) is 0 Å². The average molecular weight is 273 g/mol. The number of amides is 1. The van der Waals surface area contributed by atoms with Gasteiger partial charge in [-0.1, -0.05) is 0 Å². The zero-order chi connectivity index (χ0) is 14.6. The zero-order valence-electron chi connectivity index (χ0n) is 11.9. The van der Waals surface area contributed by atoms with Gasteiger partial charge in [0.1, 0.15) is 5.60 Å². The van der Waals surface area contributed by atoms with E-state index >= 15 is 0 Å². The largest absolute Gasteiger partial charge is 0.469 e. The number of nitrogens with one attached hydrogen (secondary N) is 1. The summed E-state index contributed by atoms with van der Waals surface area (Å²) in [6, 6.07) is -0.656. The van der Waals surface area contributed by atoms with E-state index in [1.54, 1.807) is 20.8 Å². The second kappa shape index (κ2) is 6.23.